The van der Waals surface area contributed by atoms with E-state index in [1.54, 1.807) is 11.9 Å². The lowest BCUT2D eigenvalue weighted by Crippen LogP contribution is -2.32. The summed E-state index contributed by atoms with van der Waals surface area (Å²) in [4.78, 5) is 12.1. The molecule has 4 nitrogen and oxygen atoms in total. The molecular formula is C6H11NO3. The van der Waals surface area contributed by atoms with Crippen molar-refractivity contribution in [2.75, 3.05) is 13.6 Å². The van der Waals surface area contributed by atoms with E-state index in [0.717, 1.165) is 0 Å². The summed E-state index contributed by atoms with van der Waals surface area (Å²) in [6.45, 7) is 0.469. The van der Waals surface area contributed by atoms with E-state index in [1.807, 2.05) is 0 Å². The Kier molecular flexibility index (Phi) is 1.92. The van der Waals surface area contributed by atoms with E-state index in [1.165, 1.54) is 0 Å². The molecule has 1 aliphatic heterocycles. The molecule has 58 valence electrons. The van der Waals surface area contributed by atoms with Crippen LogP contribution in [0.25, 0.3) is 0 Å². The third-order valence-electron chi connectivity index (χ3n) is 1.81. The van der Waals surface area contributed by atoms with Crippen LogP contribution in [0.3, 0.4) is 0 Å². The highest BCUT2D eigenvalue weighted by atomic mass is 16.4. The third kappa shape index (κ3) is 1.27. The van der Waals surface area contributed by atoms with Gasteiger partial charge in [-0.25, -0.2) is 0 Å². The number of nitrogens with zero attached hydrogens (tertiary/aromatic N) is 1. The number of aliphatic hydroxyl groups excluding tert-OH is 1. The van der Waals surface area contributed by atoms with Gasteiger partial charge in [0.2, 0.25) is 0 Å². The van der Waals surface area contributed by atoms with Crippen LogP contribution in [-0.2, 0) is 4.79 Å². The van der Waals surface area contributed by atoms with Gasteiger partial charge in [0.15, 0.2) is 0 Å². The highest BCUT2D eigenvalue weighted by Crippen LogP contribution is 2.14. The number of carboxylic acids is 1. The van der Waals surface area contributed by atoms with E-state index >= 15 is 0 Å². The van der Waals surface area contributed by atoms with Crippen molar-refractivity contribution in [3.05, 3.63) is 0 Å². The van der Waals surface area contributed by atoms with Crippen LogP contribution in [0.5, 0.6) is 0 Å². The van der Waals surface area contributed by atoms with Crippen molar-refractivity contribution in [1.29, 1.82) is 0 Å². The molecule has 1 fully saturated rings. The van der Waals surface area contributed by atoms with Crippen LogP contribution in [0, 0.1) is 0 Å². The zero-order valence-electron chi connectivity index (χ0n) is 5.82. The Morgan fingerprint density at radius 2 is 2.30 bits per heavy atom. The van der Waals surface area contributed by atoms with E-state index in [-0.39, 0.29) is 0 Å². The minimum Gasteiger partial charge on any atom is -0.480 e. The van der Waals surface area contributed by atoms with Gasteiger partial charge in [0, 0.05) is 13.0 Å². The molecule has 1 aliphatic rings. The monoisotopic (exact) mass is 145 g/mol. The van der Waals surface area contributed by atoms with Crippen molar-refractivity contribution in [2.24, 2.45) is 0 Å². The van der Waals surface area contributed by atoms with Crippen molar-refractivity contribution in [3.63, 3.8) is 0 Å². The quantitative estimate of drug-likeness (QED) is 0.504. The molecule has 0 aromatic rings. The van der Waals surface area contributed by atoms with Crippen LogP contribution in [0.1, 0.15) is 6.42 Å². The summed E-state index contributed by atoms with van der Waals surface area (Å²) in [7, 11) is 1.70. The molecule has 2 N–H and O–H groups in total. The van der Waals surface area contributed by atoms with Crippen molar-refractivity contribution < 1.29 is 15.0 Å². The average molecular weight is 145 g/mol. The van der Waals surface area contributed by atoms with E-state index in [4.69, 9.17) is 10.2 Å². The molecule has 2 atom stereocenters. The van der Waals surface area contributed by atoms with Crippen LogP contribution >= 0.6 is 0 Å². The maximum atomic E-state index is 10.4. The van der Waals surface area contributed by atoms with Crippen LogP contribution in [0.4, 0.5) is 0 Å². The Balaban J connectivity index is 2.54. The Labute approximate surface area is 59.1 Å². The Morgan fingerprint density at radius 3 is 2.50 bits per heavy atom. The van der Waals surface area contributed by atoms with Gasteiger partial charge >= 0.3 is 5.97 Å². The van der Waals surface area contributed by atoms with Crippen molar-refractivity contribution in [1.82, 2.24) is 4.90 Å². The van der Waals surface area contributed by atoms with E-state index in [0.29, 0.717) is 13.0 Å². The van der Waals surface area contributed by atoms with Crippen molar-refractivity contribution >= 4 is 5.97 Å². The largest absolute Gasteiger partial charge is 0.480 e. The first-order chi connectivity index (χ1) is 4.61. The molecule has 0 radical (unpaired) electrons. The molecule has 0 aromatic carbocycles. The number of aliphatic hydroxyl groups is 1. The lowest BCUT2D eigenvalue weighted by Gasteiger charge is -2.12. The summed E-state index contributed by atoms with van der Waals surface area (Å²) >= 11 is 0. The van der Waals surface area contributed by atoms with Gasteiger partial charge in [-0.3, -0.25) is 9.69 Å². The Bertz CT molecular complexity index is 148. The maximum Gasteiger partial charge on any atom is 0.321 e. The fourth-order valence-corrected chi connectivity index (χ4v) is 1.26. The van der Waals surface area contributed by atoms with Crippen LogP contribution in [0.2, 0.25) is 0 Å². The highest BCUT2D eigenvalue weighted by Gasteiger charge is 2.32. The first kappa shape index (κ1) is 7.50. The lowest BCUT2D eigenvalue weighted by molar-refractivity contribution is -0.141. The molecule has 0 spiro atoms. The molecule has 1 unspecified atom stereocenters. The molecule has 0 saturated carbocycles. The van der Waals surface area contributed by atoms with Gasteiger partial charge in [-0.2, -0.15) is 0 Å². The predicted molar refractivity (Wildman–Crippen MR) is 34.7 cm³/mol. The van der Waals surface area contributed by atoms with Gasteiger partial charge in [0.05, 0.1) is 6.10 Å². The van der Waals surface area contributed by atoms with Gasteiger partial charge in [-0.1, -0.05) is 0 Å². The number of β-amino-alcohol motifs (C(OH)–C–C–N with tert-alkyl or cyclic N) is 1. The number of hydrogen-bond donors (Lipinski definition) is 2. The second-order valence-corrected chi connectivity index (χ2v) is 2.68. The molecule has 1 heterocycles. The molecule has 0 bridgehead atoms. The minimum atomic E-state index is -0.848. The number of aliphatic carboxylic acids is 1. The fourth-order valence-electron chi connectivity index (χ4n) is 1.26. The van der Waals surface area contributed by atoms with Crippen molar-refractivity contribution in [2.45, 2.75) is 18.6 Å². The fraction of sp³-hybridized carbons (Fsp3) is 0.833. The summed E-state index contributed by atoms with van der Waals surface area (Å²) in [5, 5.41) is 17.6. The SMILES string of the molecule is CN1C[C@@H](O)CC1C(=O)O. The van der Waals surface area contributed by atoms with Crippen molar-refractivity contribution in [3.8, 4) is 0 Å². The van der Waals surface area contributed by atoms with E-state index < -0.39 is 18.1 Å². The number of carboxylic acid groups (broad SMARTS) is 1. The molecule has 1 rings (SSSR count). The molecule has 0 aromatic heterocycles. The van der Waals surface area contributed by atoms with Gasteiger partial charge in [0.25, 0.3) is 0 Å². The number of hydrogen-bond acceptors (Lipinski definition) is 3. The summed E-state index contributed by atoms with van der Waals surface area (Å²) in [5.74, 6) is -0.848. The Morgan fingerprint density at radius 1 is 1.70 bits per heavy atom. The van der Waals surface area contributed by atoms with Crippen LogP contribution in [-0.4, -0.2) is 46.8 Å². The standard InChI is InChI=1S/C6H11NO3/c1-7-3-4(8)2-5(7)6(9)10/h4-5,8H,2-3H2,1H3,(H,9,10)/t4-,5?/m0/s1. The van der Waals surface area contributed by atoms with E-state index in [9.17, 15) is 4.79 Å². The number of carbonyl (C=O) groups is 1. The summed E-state index contributed by atoms with van der Waals surface area (Å²) < 4.78 is 0. The maximum absolute atomic E-state index is 10.4. The first-order valence-electron chi connectivity index (χ1n) is 3.22. The Hall–Kier alpha value is -0.610. The van der Waals surface area contributed by atoms with Crippen LogP contribution < -0.4 is 0 Å². The normalized spacial score (nSPS) is 34.6. The zero-order valence-corrected chi connectivity index (χ0v) is 5.82. The molecule has 4 heteroatoms. The molecule has 0 aliphatic carbocycles. The number of likely N-dealkylation sites (N-methyl/N-ethyl adjacent to an activating group) is 1. The average Bonchev–Trinajstić information content (AvgIpc) is 2.10. The molecule has 1 saturated heterocycles. The van der Waals surface area contributed by atoms with E-state index in [2.05, 4.69) is 0 Å². The molecule has 0 amide bonds. The van der Waals surface area contributed by atoms with Gasteiger partial charge in [-0.15, -0.1) is 0 Å². The molecular weight excluding hydrogens is 134 g/mol. The number of rotatable bonds is 1. The topological polar surface area (TPSA) is 60.8 Å². The second kappa shape index (κ2) is 2.56. The third-order valence-corrected chi connectivity index (χ3v) is 1.81. The summed E-state index contributed by atoms with van der Waals surface area (Å²) in [6.07, 6.45) is -0.114. The second-order valence-electron chi connectivity index (χ2n) is 2.68. The van der Waals surface area contributed by atoms with Gasteiger partial charge in [0.1, 0.15) is 6.04 Å². The summed E-state index contributed by atoms with van der Waals surface area (Å²) in [5.41, 5.74) is 0. The highest BCUT2D eigenvalue weighted by molar-refractivity contribution is 5.73. The smallest absolute Gasteiger partial charge is 0.321 e. The predicted octanol–water partition coefficient (Wildman–Crippen LogP) is -0.864. The minimum absolute atomic E-state index is 0.353. The molecule has 10 heavy (non-hydrogen) atoms. The van der Waals surface area contributed by atoms with Gasteiger partial charge in [-0.05, 0) is 7.05 Å². The zero-order chi connectivity index (χ0) is 7.72. The number of likely N-dealkylation sites (tertiary alicyclic amines) is 1. The first-order valence-corrected chi connectivity index (χ1v) is 3.22. The van der Waals surface area contributed by atoms with Gasteiger partial charge < -0.3 is 10.2 Å². The lowest BCUT2D eigenvalue weighted by atomic mass is 10.2. The van der Waals surface area contributed by atoms with Crippen LogP contribution in [0.15, 0.2) is 0 Å². The summed E-state index contributed by atoms with van der Waals surface area (Å²) in [6, 6.07) is -0.491.